The molecule has 0 aliphatic rings. The van der Waals surface area contributed by atoms with Gasteiger partial charge in [-0.3, -0.25) is 0 Å². The van der Waals surface area contributed by atoms with Crippen LogP contribution in [0, 0.1) is 0 Å². The monoisotopic (exact) mass is 296 g/mol. The lowest BCUT2D eigenvalue weighted by Gasteiger charge is -2.12. The molecule has 0 amide bonds. The smallest absolute Gasteiger partial charge is 0.125 e. The van der Waals surface area contributed by atoms with Crippen molar-refractivity contribution in [1.29, 1.82) is 0 Å². The van der Waals surface area contributed by atoms with Gasteiger partial charge in [-0.25, -0.2) is 0 Å². The van der Waals surface area contributed by atoms with Crippen LogP contribution in [-0.4, -0.2) is 8.14 Å². The molecule has 0 unspecified atom stereocenters. The van der Waals surface area contributed by atoms with Crippen LogP contribution in [0.3, 0.4) is 0 Å². The van der Waals surface area contributed by atoms with Gasteiger partial charge in [0.1, 0.15) is 0 Å². The van der Waals surface area contributed by atoms with Crippen molar-refractivity contribution >= 4 is 28.6 Å². The Labute approximate surface area is 110 Å². The third-order valence-electron chi connectivity index (χ3n) is 2.95. The summed E-state index contributed by atoms with van der Waals surface area (Å²) in [7, 11) is 0.754. The highest BCUT2D eigenvalue weighted by molar-refractivity contribution is 9.23. The summed E-state index contributed by atoms with van der Waals surface area (Å²) >= 11 is 3.63. The second-order valence-corrected chi connectivity index (χ2v) is 6.16. The molecule has 0 aliphatic heterocycles. The zero-order valence-corrected chi connectivity index (χ0v) is 12.9. The van der Waals surface area contributed by atoms with Crippen LogP contribution in [-0.2, 0) is 12.8 Å². The summed E-state index contributed by atoms with van der Waals surface area (Å²) in [4.78, 5) is 0. The minimum absolute atomic E-state index is 0.754. The summed E-state index contributed by atoms with van der Waals surface area (Å²) in [5.41, 5.74) is 3.20. The van der Waals surface area contributed by atoms with Crippen molar-refractivity contribution in [3.05, 3.63) is 29.3 Å². The average Bonchev–Trinajstić information content (AvgIpc) is 2.33. The SMILES string of the molecule is CCCCc1cccc([Si]Br)c1CCCC. The van der Waals surface area contributed by atoms with Gasteiger partial charge in [0.2, 0.25) is 0 Å². The molecule has 0 N–H and O–H groups in total. The normalized spacial score (nSPS) is 10.7. The first-order valence-electron chi connectivity index (χ1n) is 6.30. The molecule has 1 rings (SSSR count). The third-order valence-corrected chi connectivity index (χ3v) is 4.91. The van der Waals surface area contributed by atoms with Gasteiger partial charge in [0, 0.05) is 0 Å². The van der Waals surface area contributed by atoms with Gasteiger partial charge in [0.15, 0.2) is 8.14 Å². The molecule has 16 heavy (non-hydrogen) atoms. The van der Waals surface area contributed by atoms with Gasteiger partial charge in [0.25, 0.3) is 0 Å². The van der Waals surface area contributed by atoms with Gasteiger partial charge >= 0.3 is 0 Å². The van der Waals surface area contributed by atoms with E-state index in [4.69, 9.17) is 0 Å². The average molecular weight is 297 g/mol. The molecule has 1 aromatic carbocycles. The summed E-state index contributed by atoms with van der Waals surface area (Å²) in [6.45, 7) is 4.53. The van der Waals surface area contributed by atoms with E-state index in [9.17, 15) is 0 Å². The first-order valence-corrected chi connectivity index (χ1v) is 9.56. The lowest BCUT2D eigenvalue weighted by Crippen LogP contribution is -2.17. The molecule has 0 saturated carbocycles. The van der Waals surface area contributed by atoms with E-state index in [1.165, 1.54) is 43.7 Å². The second-order valence-electron chi connectivity index (χ2n) is 4.24. The summed E-state index contributed by atoms with van der Waals surface area (Å²) in [6, 6.07) is 6.80. The fraction of sp³-hybridized carbons (Fsp3) is 0.571. The fourth-order valence-electron chi connectivity index (χ4n) is 1.97. The number of unbranched alkanes of at least 4 members (excludes halogenated alkanes) is 2. The number of hydrogen-bond donors (Lipinski definition) is 0. The van der Waals surface area contributed by atoms with Crippen LogP contribution in [0.5, 0.6) is 0 Å². The zero-order chi connectivity index (χ0) is 11.8. The van der Waals surface area contributed by atoms with Crippen molar-refractivity contribution in [2.24, 2.45) is 0 Å². The highest BCUT2D eigenvalue weighted by Gasteiger charge is 2.07. The number of aryl methyl sites for hydroxylation is 1. The third kappa shape index (κ3) is 4.06. The Kier molecular flexibility index (Phi) is 7.05. The lowest BCUT2D eigenvalue weighted by atomic mass is 9.98. The Bertz CT molecular complexity index is 310. The maximum absolute atomic E-state index is 3.63. The number of benzene rings is 1. The zero-order valence-electron chi connectivity index (χ0n) is 10.4. The molecule has 0 aromatic heterocycles. The van der Waals surface area contributed by atoms with Gasteiger partial charge in [-0.05, 0) is 42.0 Å². The van der Waals surface area contributed by atoms with Crippen molar-refractivity contribution in [3.63, 3.8) is 0 Å². The Morgan fingerprint density at radius 1 is 1.06 bits per heavy atom. The second kappa shape index (κ2) is 8.07. The maximum Gasteiger partial charge on any atom is 0.176 e. The fourth-order valence-corrected chi connectivity index (χ4v) is 3.65. The molecule has 0 heterocycles. The standard InChI is InChI=1S/C14H21BrSi/c1-3-5-8-12-9-7-11-14(16-15)13(12)10-6-4-2/h7,9,11H,3-6,8,10H2,1-2H3. The van der Waals surface area contributed by atoms with Crippen LogP contribution in [0.4, 0.5) is 0 Å². The first kappa shape index (κ1) is 14.0. The summed E-state index contributed by atoms with van der Waals surface area (Å²) < 4.78 is 0. The Balaban J connectivity index is 2.86. The van der Waals surface area contributed by atoms with Crippen LogP contribution in [0.2, 0.25) is 0 Å². The maximum atomic E-state index is 3.63. The van der Waals surface area contributed by atoms with E-state index in [1.54, 1.807) is 11.1 Å². The lowest BCUT2D eigenvalue weighted by molar-refractivity contribution is 0.761. The highest BCUT2D eigenvalue weighted by atomic mass is 79.9. The summed E-state index contributed by atoms with van der Waals surface area (Å²) in [5, 5.41) is 1.52. The molecule has 88 valence electrons. The Hall–Kier alpha value is -0.0831. The molecule has 0 fully saturated rings. The van der Waals surface area contributed by atoms with Crippen LogP contribution < -0.4 is 5.19 Å². The van der Waals surface area contributed by atoms with E-state index < -0.39 is 0 Å². The number of hydrogen-bond acceptors (Lipinski definition) is 0. The molecule has 1 aromatic rings. The minimum Gasteiger partial charge on any atom is -0.125 e. The van der Waals surface area contributed by atoms with Crippen LogP contribution >= 0.6 is 15.3 Å². The van der Waals surface area contributed by atoms with Crippen molar-refractivity contribution < 1.29 is 0 Å². The molecule has 0 nitrogen and oxygen atoms in total. The van der Waals surface area contributed by atoms with E-state index >= 15 is 0 Å². The Morgan fingerprint density at radius 2 is 1.75 bits per heavy atom. The van der Waals surface area contributed by atoms with Crippen molar-refractivity contribution in [3.8, 4) is 0 Å². The summed E-state index contributed by atoms with van der Waals surface area (Å²) in [6.07, 6.45) is 7.70. The number of rotatable bonds is 7. The van der Waals surface area contributed by atoms with E-state index in [-0.39, 0.29) is 0 Å². The van der Waals surface area contributed by atoms with E-state index in [2.05, 4.69) is 47.3 Å². The molecular weight excluding hydrogens is 276 g/mol. The first-order chi connectivity index (χ1) is 7.83. The van der Waals surface area contributed by atoms with Gasteiger partial charge in [-0.1, -0.05) is 44.9 Å². The molecule has 0 spiro atoms. The van der Waals surface area contributed by atoms with E-state index in [1.807, 2.05) is 0 Å². The minimum atomic E-state index is 0.754. The number of halogens is 1. The van der Waals surface area contributed by atoms with Crippen LogP contribution in [0.15, 0.2) is 18.2 Å². The molecule has 2 heteroatoms. The van der Waals surface area contributed by atoms with Crippen molar-refractivity contribution in [1.82, 2.24) is 0 Å². The van der Waals surface area contributed by atoms with E-state index in [0.717, 1.165) is 8.14 Å². The molecule has 0 bridgehead atoms. The summed E-state index contributed by atoms with van der Waals surface area (Å²) in [5.74, 6) is 0. The van der Waals surface area contributed by atoms with Crippen LogP contribution in [0.1, 0.15) is 50.7 Å². The largest absolute Gasteiger partial charge is 0.176 e. The predicted molar refractivity (Wildman–Crippen MR) is 78.0 cm³/mol. The quantitative estimate of drug-likeness (QED) is 0.527. The van der Waals surface area contributed by atoms with Gasteiger partial charge in [0.05, 0.1) is 0 Å². The van der Waals surface area contributed by atoms with Crippen molar-refractivity contribution in [2.45, 2.75) is 52.4 Å². The van der Waals surface area contributed by atoms with E-state index in [0.29, 0.717) is 0 Å². The van der Waals surface area contributed by atoms with Gasteiger partial charge in [-0.15, -0.1) is 15.3 Å². The molecular formula is C14H21BrSi. The molecule has 0 saturated heterocycles. The van der Waals surface area contributed by atoms with Crippen molar-refractivity contribution in [2.75, 3.05) is 0 Å². The Morgan fingerprint density at radius 3 is 2.38 bits per heavy atom. The topological polar surface area (TPSA) is 0 Å². The van der Waals surface area contributed by atoms with Gasteiger partial charge < -0.3 is 0 Å². The molecule has 0 atom stereocenters. The van der Waals surface area contributed by atoms with Gasteiger partial charge in [-0.2, -0.15) is 0 Å². The van der Waals surface area contributed by atoms with Crippen LogP contribution in [0.25, 0.3) is 0 Å². The highest BCUT2D eigenvalue weighted by Crippen LogP contribution is 2.13. The predicted octanol–water partition coefficient (Wildman–Crippen LogP) is 4.01. The molecule has 2 radical (unpaired) electrons. The molecule has 0 aliphatic carbocycles.